The van der Waals surface area contributed by atoms with Gasteiger partial charge in [-0.15, -0.1) is 0 Å². The molecule has 25 heavy (non-hydrogen) atoms. The van der Waals surface area contributed by atoms with E-state index in [0.717, 1.165) is 25.8 Å². The van der Waals surface area contributed by atoms with E-state index in [-0.39, 0.29) is 24.4 Å². The molecule has 2 aromatic rings. The Balaban J connectivity index is 1.64. The van der Waals surface area contributed by atoms with E-state index in [1.54, 1.807) is 11.4 Å². The summed E-state index contributed by atoms with van der Waals surface area (Å²) in [5.41, 5.74) is 1.91. The third-order valence-electron chi connectivity index (χ3n) is 4.94. The zero-order valence-electron chi connectivity index (χ0n) is 14.5. The molecular weight excluding hydrogens is 332 g/mol. The lowest BCUT2D eigenvalue weighted by atomic mass is 9.87. The number of thiophene rings is 1. The van der Waals surface area contributed by atoms with Crippen molar-refractivity contribution in [2.45, 2.75) is 38.1 Å². The summed E-state index contributed by atoms with van der Waals surface area (Å²) in [6, 6.07) is 12.4. The lowest BCUT2D eigenvalue weighted by Gasteiger charge is -2.31. The largest absolute Gasteiger partial charge is 0.343 e. The van der Waals surface area contributed by atoms with Gasteiger partial charge in [0.15, 0.2) is 0 Å². The molecule has 0 unspecified atom stereocenters. The van der Waals surface area contributed by atoms with E-state index in [2.05, 4.69) is 36.5 Å². The first-order valence-corrected chi connectivity index (χ1v) is 9.79. The Kier molecular flexibility index (Phi) is 5.87. The highest BCUT2D eigenvalue weighted by molar-refractivity contribution is 7.08. The smallest absolute Gasteiger partial charge is 0.252 e. The number of carbonyl (C=O) groups is 2. The van der Waals surface area contributed by atoms with Crippen molar-refractivity contribution in [2.24, 2.45) is 0 Å². The van der Waals surface area contributed by atoms with Crippen molar-refractivity contribution in [1.82, 2.24) is 10.2 Å². The second kappa shape index (κ2) is 8.30. The minimum absolute atomic E-state index is 0.0143. The Morgan fingerprint density at radius 2 is 2.08 bits per heavy atom. The van der Waals surface area contributed by atoms with Crippen molar-refractivity contribution in [3.8, 4) is 0 Å². The third kappa shape index (κ3) is 4.10. The Morgan fingerprint density at radius 1 is 1.28 bits per heavy atom. The molecule has 0 bridgehead atoms. The summed E-state index contributed by atoms with van der Waals surface area (Å²) >= 11 is 1.48. The molecule has 0 spiro atoms. The molecule has 1 aromatic heterocycles. The normalized spacial score (nSPS) is 18.1. The van der Waals surface area contributed by atoms with Crippen LogP contribution in [0.1, 0.15) is 48.0 Å². The van der Waals surface area contributed by atoms with Crippen molar-refractivity contribution < 1.29 is 9.59 Å². The van der Waals surface area contributed by atoms with Crippen molar-refractivity contribution >= 4 is 23.2 Å². The monoisotopic (exact) mass is 356 g/mol. The molecular formula is C20H24N2O2S. The minimum atomic E-state index is -0.180. The maximum Gasteiger partial charge on any atom is 0.252 e. The number of likely N-dealkylation sites (tertiary alicyclic amines) is 1. The zero-order valence-corrected chi connectivity index (χ0v) is 15.3. The molecule has 4 nitrogen and oxygen atoms in total. The van der Waals surface area contributed by atoms with Crippen LogP contribution >= 0.6 is 11.3 Å². The van der Waals surface area contributed by atoms with Gasteiger partial charge >= 0.3 is 0 Å². The molecule has 132 valence electrons. The molecule has 2 amide bonds. The molecule has 1 saturated heterocycles. The van der Waals surface area contributed by atoms with Gasteiger partial charge in [-0.05, 0) is 36.3 Å². The zero-order chi connectivity index (χ0) is 17.6. The van der Waals surface area contributed by atoms with Crippen LogP contribution in [0.2, 0.25) is 0 Å². The van der Waals surface area contributed by atoms with Gasteiger partial charge in [-0.3, -0.25) is 9.59 Å². The number of hydrogen-bond acceptors (Lipinski definition) is 3. The van der Waals surface area contributed by atoms with Gasteiger partial charge in [0.2, 0.25) is 5.91 Å². The van der Waals surface area contributed by atoms with Gasteiger partial charge in [0, 0.05) is 29.4 Å². The number of carbonyl (C=O) groups excluding carboxylic acids is 2. The average molecular weight is 356 g/mol. The van der Waals surface area contributed by atoms with Crippen LogP contribution in [0, 0.1) is 0 Å². The first kappa shape index (κ1) is 17.7. The summed E-state index contributed by atoms with van der Waals surface area (Å²) < 4.78 is 0. The van der Waals surface area contributed by atoms with Crippen molar-refractivity contribution in [3.05, 3.63) is 58.3 Å². The summed E-state index contributed by atoms with van der Waals surface area (Å²) in [6.45, 7) is 3.02. The summed E-state index contributed by atoms with van der Waals surface area (Å²) in [5.74, 6) is 0.182. The minimum Gasteiger partial charge on any atom is -0.343 e. The summed E-state index contributed by atoms with van der Waals surface area (Å²) in [5, 5.41) is 6.41. The molecule has 0 radical (unpaired) electrons. The molecule has 1 aliphatic rings. The fraction of sp³-hybridized carbons (Fsp3) is 0.400. The molecule has 2 heterocycles. The van der Waals surface area contributed by atoms with Crippen LogP contribution in [0.25, 0.3) is 0 Å². The molecule has 0 aliphatic carbocycles. The van der Waals surface area contributed by atoms with Gasteiger partial charge in [-0.1, -0.05) is 37.3 Å². The molecule has 1 aromatic carbocycles. The van der Waals surface area contributed by atoms with E-state index in [4.69, 9.17) is 0 Å². The summed E-state index contributed by atoms with van der Waals surface area (Å²) in [7, 11) is 0. The predicted octanol–water partition coefficient (Wildman–Crippen LogP) is 3.66. The Labute approximate surface area is 152 Å². The van der Waals surface area contributed by atoms with Gasteiger partial charge in [0.05, 0.1) is 6.54 Å². The van der Waals surface area contributed by atoms with Crippen molar-refractivity contribution in [1.29, 1.82) is 0 Å². The van der Waals surface area contributed by atoms with Crippen LogP contribution in [-0.4, -0.2) is 35.8 Å². The second-order valence-corrected chi connectivity index (χ2v) is 7.20. The molecule has 3 rings (SSSR count). The molecule has 5 heteroatoms. The summed E-state index contributed by atoms with van der Waals surface area (Å²) in [4.78, 5) is 26.7. The first-order valence-electron chi connectivity index (χ1n) is 8.85. The standard InChI is InChI=1S/C20H24N2O2S/c1-2-17(15-7-4-3-5-8-15)18-9-6-11-22(18)19(23)13-21-20(24)16-10-12-25-14-16/h3-5,7-8,10,12,14,17-18H,2,6,9,11,13H2,1H3,(H,21,24)/t17-,18-/m0/s1. The van der Waals surface area contributed by atoms with Crippen molar-refractivity contribution in [2.75, 3.05) is 13.1 Å². The average Bonchev–Trinajstić information content (AvgIpc) is 3.33. The van der Waals surface area contributed by atoms with E-state index in [0.29, 0.717) is 11.5 Å². The highest BCUT2D eigenvalue weighted by Gasteiger charge is 2.34. The van der Waals surface area contributed by atoms with Gasteiger partial charge in [-0.2, -0.15) is 11.3 Å². The number of nitrogens with one attached hydrogen (secondary N) is 1. The van der Waals surface area contributed by atoms with Crippen LogP contribution in [-0.2, 0) is 4.79 Å². The van der Waals surface area contributed by atoms with Gasteiger partial charge < -0.3 is 10.2 Å². The van der Waals surface area contributed by atoms with Gasteiger partial charge in [0.25, 0.3) is 5.91 Å². The quantitative estimate of drug-likeness (QED) is 0.859. The Hall–Kier alpha value is -2.14. The maximum atomic E-state index is 12.7. The van der Waals surface area contributed by atoms with Crippen LogP contribution in [0.5, 0.6) is 0 Å². The predicted molar refractivity (Wildman–Crippen MR) is 101 cm³/mol. The molecule has 2 atom stereocenters. The van der Waals surface area contributed by atoms with Gasteiger partial charge in [-0.25, -0.2) is 0 Å². The molecule has 1 fully saturated rings. The lowest BCUT2D eigenvalue weighted by Crippen LogP contribution is -2.44. The highest BCUT2D eigenvalue weighted by Crippen LogP contribution is 2.33. The first-order chi connectivity index (χ1) is 12.2. The highest BCUT2D eigenvalue weighted by atomic mass is 32.1. The fourth-order valence-corrected chi connectivity index (χ4v) is 4.34. The number of benzene rings is 1. The second-order valence-electron chi connectivity index (χ2n) is 6.42. The SMILES string of the molecule is CC[C@@H](c1ccccc1)[C@@H]1CCCN1C(=O)CNC(=O)c1ccsc1. The fourth-order valence-electron chi connectivity index (χ4n) is 3.70. The van der Waals surface area contributed by atoms with Crippen LogP contribution in [0.3, 0.4) is 0 Å². The Bertz CT molecular complexity index is 700. The van der Waals surface area contributed by atoms with E-state index < -0.39 is 0 Å². The van der Waals surface area contributed by atoms with Crippen molar-refractivity contribution in [3.63, 3.8) is 0 Å². The van der Waals surface area contributed by atoms with E-state index in [9.17, 15) is 9.59 Å². The van der Waals surface area contributed by atoms with Crippen LogP contribution in [0.15, 0.2) is 47.2 Å². The summed E-state index contributed by atoms with van der Waals surface area (Å²) in [6.07, 6.45) is 3.05. The molecule has 0 saturated carbocycles. The van der Waals surface area contributed by atoms with E-state index >= 15 is 0 Å². The van der Waals surface area contributed by atoms with E-state index in [1.165, 1.54) is 16.9 Å². The maximum absolute atomic E-state index is 12.7. The topological polar surface area (TPSA) is 49.4 Å². The number of nitrogens with zero attached hydrogens (tertiary/aromatic N) is 1. The lowest BCUT2D eigenvalue weighted by molar-refractivity contribution is -0.131. The van der Waals surface area contributed by atoms with Crippen LogP contribution < -0.4 is 5.32 Å². The molecule has 1 N–H and O–H groups in total. The number of hydrogen-bond donors (Lipinski definition) is 1. The Morgan fingerprint density at radius 3 is 2.76 bits per heavy atom. The van der Waals surface area contributed by atoms with Crippen LogP contribution in [0.4, 0.5) is 0 Å². The number of amides is 2. The van der Waals surface area contributed by atoms with E-state index in [1.807, 2.05) is 16.3 Å². The molecule has 1 aliphatic heterocycles. The van der Waals surface area contributed by atoms with Gasteiger partial charge in [0.1, 0.15) is 0 Å². The number of rotatable bonds is 6. The third-order valence-corrected chi connectivity index (χ3v) is 5.62.